The van der Waals surface area contributed by atoms with Crippen LogP contribution in [0.4, 0.5) is 5.69 Å². The van der Waals surface area contributed by atoms with E-state index in [1.807, 2.05) is 24.3 Å². The largest absolute Gasteiger partial charge is 0.489 e. The molecule has 0 aliphatic carbocycles. The molecule has 2 aromatic carbocycles. The molecule has 1 aliphatic rings. The molecule has 1 fully saturated rings. The zero-order chi connectivity index (χ0) is 19.9. The summed E-state index contributed by atoms with van der Waals surface area (Å²) in [6.07, 6.45) is 1.58. The number of aliphatic hydroxyl groups is 1. The fourth-order valence-electron chi connectivity index (χ4n) is 3.62. The van der Waals surface area contributed by atoms with Crippen molar-refractivity contribution in [2.75, 3.05) is 31.6 Å². The van der Waals surface area contributed by atoms with Crippen molar-refractivity contribution in [3.05, 3.63) is 59.1 Å². The highest BCUT2D eigenvalue weighted by molar-refractivity contribution is 6.30. The second kappa shape index (κ2) is 11.4. The van der Waals surface area contributed by atoms with Crippen LogP contribution in [0.3, 0.4) is 0 Å². The first kappa shape index (κ1) is 23.5. The minimum Gasteiger partial charge on any atom is -0.489 e. The van der Waals surface area contributed by atoms with Crippen molar-refractivity contribution in [3.63, 3.8) is 0 Å². The summed E-state index contributed by atoms with van der Waals surface area (Å²) in [4.78, 5) is 13.6. The van der Waals surface area contributed by atoms with E-state index >= 15 is 0 Å². The first-order valence-corrected chi connectivity index (χ1v) is 10.0. The molecule has 2 N–H and O–H groups in total. The molecule has 5 nitrogen and oxygen atoms in total. The molecule has 0 saturated carbocycles. The van der Waals surface area contributed by atoms with Gasteiger partial charge in [0.05, 0.1) is 5.69 Å². The highest BCUT2D eigenvalue weighted by atomic mass is 35.5. The lowest BCUT2D eigenvalue weighted by molar-refractivity contribution is -0.114. The van der Waals surface area contributed by atoms with E-state index in [0.29, 0.717) is 23.9 Å². The highest BCUT2D eigenvalue weighted by Gasteiger charge is 2.24. The monoisotopic (exact) mass is 438 g/mol. The average molecular weight is 439 g/mol. The predicted octanol–water partition coefficient (Wildman–Crippen LogP) is 4.02. The predicted molar refractivity (Wildman–Crippen MR) is 119 cm³/mol. The number of likely N-dealkylation sites (tertiary alicyclic amines) is 1. The van der Waals surface area contributed by atoms with Gasteiger partial charge in [0, 0.05) is 25.0 Å². The van der Waals surface area contributed by atoms with Crippen molar-refractivity contribution in [1.29, 1.82) is 0 Å². The molecule has 2 atom stereocenters. The molecule has 158 valence electrons. The van der Waals surface area contributed by atoms with Gasteiger partial charge in [-0.05, 0) is 55.1 Å². The molecule has 7 heteroatoms. The number of ether oxygens (including phenoxy) is 1. The van der Waals surface area contributed by atoms with Gasteiger partial charge in [0.1, 0.15) is 18.5 Å². The van der Waals surface area contributed by atoms with Crippen LogP contribution in [0.2, 0.25) is 5.02 Å². The summed E-state index contributed by atoms with van der Waals surface area (Å²) in [5.41, 5.74) is 1.92. The average Bonchev–Trinajstić information content (AvgIpc) is 3.09. The van der Waals surface area contributed by atoms with Crippen LogP contribution in [0.5, 0.6) is 5.75 Å². The molecular weight excluding hydrogens is 411 g/mol. The number of β-amino-alcohol motifs (C(OH)–C–C–N with tert-alkyl or cyclic N) is 1. The van der Waals surface area contributed by atoms with Crippen LogP contribution in [0.25, 0.3) is 0 Å². The summed E-state index contributed by atoms with van der Waals surface area (Å²) in [5, 5.41) is 13.9. The van der Waals surface area contributed by atoms with Gasteiger partial charge in [-0.2, -0.15) is 0 Å². The summed E-state index contributed by atoms with van der Waals surface area (Å²) in [6.45, 7) is 4.19. The summed E-state index contributed by atoms with van der Waals surface area (Å²) >= 11 is 5.95. The molecule has 0 radical (unpaired) electrons. The third kappa shape index (κ3) is 7.52. The number of anilines is 1. The standard InChI is InChI=1S/C22H27ClN2O3.ClH/c1-16(26)24-21-4-2-3-5-22(21)28-15-20(27)14-25-11-10-18(13-25)12-17-6-8-19(23)9-7-17;/h2-9,18,20,27H,10-15H2,1H3,(H,24,26);1H/t18-,20?;/m1./s1. The van der Waals surface area contributed by atoms with E-state index in [0.717, 1.165) is 31.0 Å². The van der Waals surface area contributed by atoms with E-state index in [-0.39, 0.29) is 24.9 Å². The van der Waals surface area contributed by atoms with Crippen LogP contribution in [0.1, 0.15) is 18.9 Å². The Balaban J connectivity index is 0.00000300. The Labute approximate surface area is 183 Å². The molecule has 1 unspecified atom stereocenters. The number of rotatable bonds is 8. The van der Waals surface area contributed by atoms with Gasteiger partial charge in [-0.3, -0.25) is 4.79 Å². The molecule has 0 spiro atoms. The number of benzene rings is 2. The van der Waals surface area contributed by atoms with Crippen LogP contribution in [-0.4, -0.2) is 48.3 Å². The number of para-hydroxylation sites is 2. The van der Waals surface area contributed by atoms with Crippen molar-refractivity contribution in [3.8, 4) is 5.75 Å². The number of carbonyl (C=O) groups excluding carboxylic acids is 1. The summed E-state index contributed by atoms with van der Waals surface area (Å²) < 4.78 is 5.74. The number of carbonyl (C=O) groups is 1. The van der Waals surface area contributed by atoms with E-state index in [9.17, 15) is 9.90 Å². The molecule has 1 amide bonds. The minimum absolute atomic E-state index is 0. The lowest BCUT2D eigenvalue weighted by atomic mass is 9.99. The van der Waals surface area contributed by atoms with Gasteiger partial charge in [-0.1, -0.05) is 35.9 Å². The zero-order valence-corrected chi connectivity index (χ0v) is 18.1. The van der Waals surface area contributed by atoms with E-state index < -0.39 is 6.10 Å². The van der Waals surface area contributed by atoms with Gasteiger partial charge < -0.3 is 20.1 Å². The lowest BCUT2D eigenvalue weighted by Crippen LogP contribution is -2.34. The minimum atomic E-state index is -0.584. The van der Waals surface area contributed by atoms with Crippen LogP contribution in [-0.2, 0) is 11.2 Å². The Morgan fingerprint density at radius 2 is 2.00 bits per heavy atom. The molecule has 1 heterocycles. The van der Waals surface area contributed by atoms with E-state index in [2.05, 4.69) is 22.3 Å². The second-order valence-corrected chi connectivity index (χ2v) is 7.82. The van der Waals surface area contributed by atoms with Gasteiger partial charge in [-0.15, -0.1) is 12.4 Å². The molecule has 3 rings (SSSR count). The number of nitrogens with zero attached hydrogens (tertiary/aromatic N) is 1. The fourth-order valence-corrected chi connectivity index (χ4v) is 3.75. The normalized spacial score (nSPS) is 17.4. The van der Waals surface area contributed by atoms with Crippen LogP contribution in [0, 0.1) is 5.92 Å². The van der Waals surface area contributed by atoms with Gasteiger partial charge >= 0.3 is 0 Å². The fraction of sp³-hybridized carbons (Fsp3) is 0.409. The number of hydrogen-bond acceptors (Lipinski definition) is 4. The molecule has 29 heavy (non-hydrogen) atoms. The Bertz CT molecular complexity index is 786. The first-order valence-electron chi connectivity index (χ1n) is 9.64. The molecular formula is C22H28Cl2N2O3. The quantitative estimate of drug-likeness (QED) is 0.652. The van der Waals surface area contributed by atoms with Crippen molar-refractivity contribution in [1.82, 2.24) is 4.90 Å². The maximum absolute atomic E-state index is 11.3. The maximum atomic E-state index is 11.3. The number of hydrogen-bond donors (Lipinski definition) is 2. The van der Waals surface area contributed by atoms with Crippen molar-refractivity contribution >= 4 is 35.6 Å². The van der Waals surface area contributed by atoms with E-state index in [1.54, 1.807) is 12.1 Å². The van der Waals surface area contributed by atoms with Gasteiger partial charge in [0.2, 0.25) is 5.91 Å². The van der Waals surface area contributed by atoms with Crippen molar-refractivity contribution in [2.24, 2.45) is 5.92 Å². The Morgan fingerprint density at radius 1 is 1.28 bits per heavy atom. The summed E-state index contributed by atoms with van der Waals surface area (Å²) in [6, 6.07) is 15.3. The van der Waals surface area contributed by atoms with Gasteiger partial charge in [0.15, 0.2) is 0 Å². The van der Waals surface area contributed by atoms with Crippen LogP contribution >= 0.6 is 24.0 Å². The van der Waals surface area contributed by atoms with E-state index in [1.165, 1.54) is 12.5 Å². The van der Waals surface area contributed by atoms with Crippen LogP contribution in [0.15, 0.2) is 48.5 Å². The van der Waals surface area contributed by atoms with Crippen molar-refractivity contribution in [2.45, 2.75) is 25.9 Å². The molecule has 1 aliphatic heterocycles. The molecule has 0 bridgehead atoms. The van der Waals surface area contributed by atoms with Gasteiger partial charge in [-0.25, -0.2) is 0 Å². The zero-order valence-electron chi connectivity index (χ0n) is 16.5. The Hall–Kier alpha value is -1.79. The number of aliphatic hydroxyl groups excluding tert-OH is 1. The number of amides is 1. The molecule has 0 aromatic heterocycles. The topological polar surface area (TPSA) is 61.8 Å². The maximum Gasteiger partial charge on any atom is 0.221 e. The Kier molecular flexibility index (Phi) is 9.24. The highest BCUT2D eigenvalue weighted by Crippen LogP contribution is 2.25. The van der Waals surface area contributed by atoms with Crippen LogP contribution < -0.4 is 10.1 Å². The smallest absolute Gasteiger partial charge is 0.221 e. The third-order valence-electron chi connectivity index (χ3n) is 4.91. The molecule has 1 saturated heterocycles. The van der Waals surface area contributed by atoms with Gasteiger partial charge in [0.25, 0.3) is 0 Å². The third-order valence-corrected chi connectivity index (χ3v) is 5.16. The molecule has 2 aromatic rings. The Morgan fingerprint density at radius 3 is 2.72 bits per heavy atom. The first-order chi connectivity index (χ1) is 13.5. The van der Waals surface area contributed by atoms with Crippen molar-refractivity contribution < 1.29 is 14.6 Å². The summed E-state index contributed by atoms with van der Waals surface area (Å²) in [5.74, 6) is 1.01. The number of halogens is 2. The second-order valence-electron chi connectivity index (χ2n) is 7.39. The SMILES string of the molecule is CC(=O)Nc1ccccc1OCC(O)CN1CC[C@H](Cc2ccc(Cl)cc2)C1.Cl. The van der Waals surface area contributed by atoms with E-state index in [4.69, 9.17) is 16.3 Å². The number of nitrogens with one attached hydrogen (secondary N) is 1. The summed E-state index contributed by atoms with van der Waals surface area (Å²) in [7, 11) is 0. The lowest BCUT2D eigenvalue weighted by Gasteiger charge is -2.21.